The standard InChI is InChI=1S/C9H17F3N2O6S2/c1-4-22(19,20)14-5-7(2,15)13(21(3,17)18)6-8(14,16)9(10,11)12/h15-16H,4-6H2,1-3H3/t7-,8+/m0/s1. The van der Waals surface area contributed by atoms with E-state index in [0.29, 0.717) is 6.26 Å². The van der Waals surface area contributed by atoms with Crippen LogP contribution in [-0.4, -0.2) is 78.4 Å². The highest BCUT2D eigenvalue weighted by molar-refractivity contribution is 7.89. The van der Waals surface area contributed by atoms with Gasteiger partial charge in [0.2, 0.25) is 25.8 Å². The molecule has 0 amide bonds. The van der Waals surface area contributed by atoms with E-state index in [1.54, 1.807) is 0 Å². The van der Waals surface area contributed by atoms with E-state index in [2.05, 4.69) is 0 Å². The predicted octanol–water partition coefficient (Wildman–Crippen LogP) is -1.13. The number of hydrogen-bond donors (Lipinski definition) is 2. The highest BCUT2D eigenvalue weighted by Gasteiger charge is 2.67. The van der Waals surface area contributed by atoms with E-state index in [4.69, 9.17) is 0 Å². The summed E-state index contributed by atoms with van der Waals surface area (Å²) < 4.78 is 86.1. The molecule has 1 heterocycles. The van der Waals surface area contributed by atoms with Gasteiger partial charge in [-0.05, 0) is 13.8 Å². The predicted molar refractivity (Wildman–Crippen MR) is 69.3 cm³/mol. The van der Waals surface area contributed by atoms with Crippen LogP contribution in [-0.2, 0) is 20.0 Å². The lowest BCUT2D eigenvalue weighted by atomic mass is 10.1. The van der Waals surface area contributed by atoms with E-state index >= 15 is 0 Å². The summed E-state index contributed by atoms with van der Waals surface area (Å²) in [6.45, 7) is -1.01. The van der Waals surface area contributed by atoms with E-state index in [1.165, 1.54) is 0 Å². The van der Waals surface area contributed by atoms with Gasteiger partial charge in [0.15, 0.2) is 0 Å². The van der Waals surface area contributed by atoms with Crippen molar-refractivity contribution in [2.75, 3.05) is 25.1 Å². The molecule has 0 spiro atoms. The molecule has 1 saturated heterocycles. The summed E-state index contributed by atoms with van der Waals surface area (Å²) in [4.78, 5) is 0. The third kappa shape index (κ3) is 3.23. The first-order chi connectivity index (χ1) is 9.49. The van der Waals surface area contributed by atoms with E-state index < -0.39 is 56.5 Å². The highest BCUT2D eigenvalue weighted by atomic mass is 32.2. The number of sulfonamides is 2. The van der Waals surface area contributed by atoms with Crippen LogP contribution in [0, 0.1) is 0 Å². The van der Waals surface area contributed by atoms with E-state index in [-0.39, 0.29) is 8.61 Å². The van der Waals surface area contributed by atoms with Crippen molar-refractivity contribution in [1.82, 2.24) is 8.61 Å². The van der Waals surface area contributed by atoms with Gasteiger partial charge < -0.3 is 10.2 Å². The number of nitrogens with zero attached hydrogens (tertiary/aromatic N) is 2. The molecule has 0 bridgehead atoms. The molecule has 8 nitrogen and oxygen atoms in total. The van der Waals surface area contributed by atoms with Gasteiger partial charge >= 0.3 is 6.18 Å². The average Bonchev–Trinajstić information content (AvgIpc) is 2.28. The average molecular weight is 370 g/mol. The minimum Gasteiger partial charge on any atom is -0.374 e. The van der Waals surface area contributed by atoms with Gasteiger partial charge in [0.1, 0.15) is 5.72 Å². The maximum Gasteiger partial charge on any atom is 0.433 e. The molecule has 13 heteroatoms. The fourth-order valence-electron chi connectivity index (χ4n) is 2.12. The number of halogens is 3. The van der Waals surface area contributed by atoms with Crippen molar-refractivity contribution in [2.24, 2.45) is 0 Å². The van der Waals surface area contributed by atoms with Gasteiger partial charge in [-0.2, -0.15) is 21.8 Å². The molecule has 1 fully saturated rings. The van der Waals surface area contributed by atoms with E-state index in [1.807, 2.05) is 0 Å². The molecular weight excluding hydrogens is 353 g/mol. The Morgan fingerprint density at radius 1 is 1.09 bits per heavy atom. The van der Waals surface area contributed by atoms with Crippen LogP contribution in [0.15, 0.2) is 0 Å². The monoisotopic (exact) mass is 370 g/mol. The molecule has 0 aromatic heterocycles. The van der Waals surface area contributed by atoms with Gasteiger partial charge in [0.05, 0.1) is 25.1 Å². The third-order valence-electron chi connectivity index (χ3n) is 3.31. The van der Waals surface area contributed by atoms with Crippen molar-refractivity contribution in [3.8, 4) is 0 Å². The Hall–Kier alpha value is -0.470. The first-order valence-corrected chi connectivity index (χ1v) is 9.44. The topological polar surface area (TPSA) is 115 Å². The molecule has 1 aliphatic rings. The molecule has 0 saturated carbocycles. The summed E-state index contributed by atoms with van der Waals surface area (Å²) in [5, 5.41) is 20.0. The highest BCUT2D eigenvalue weighted by Crippen LogP contribution is 2.41. The zero-order valence-electron chi connectivity index (χ0n) is 12.0. The van der Waals surface area contributed by atoms with Crippen LogP contribution in [0.1, 0.15) is 13.8 Å². The van der Waals surface area contributed by atoms with E-state index in [9.17, 15) is 40.2 Å². The Morgan fingerprint density at radius 2 is 1.55 bits per heavy atom. The van der Waals surface area contributed by atoms with Crippen LogP contribution in [0.5, 0.6) is 0 Å². The molecule has 0 aromatic rings. The molecule has 2 N–H and O–H groups in total. The van der Waals surface area contributed by atoms with Crippen LogP contribution >= 0.6 is 0 Å². The molecule has 0 unspecified atom stereocenters. The molecule has 0 radical (unpaired) electrons. The Kier molecular flexibility index (Phi) is 4.69. The summed E-state index contributed by atoms with van der Waals surface area (Å²) >= 11 is 0. The molecule has 1 rings (SSSR count). The van der Waals surface area contributed by atoms with Gasteiger partial charge in [-0.3, -0.25) is 0 Å². The number of β-amino-alcohol motifs (C(OH)–C–C–N with tert-alkyl or cyclic N) is 2. The smallest absolute Gasteiger partial charge is 0.374 e. The van der Waals surface area contributed by atoms with Crippen molar-refractivity contribution < 1.29 is 40.2 Å². The van der Waals surface area contributed by atoms with E-state index in [0.717, 1.165) is 13.8 Å². The zero-order valence-corrected chi connectivity index (χ0v) is 13.6. The second-order valence-corrected chi connectivity index (χ2v) is 9.30. The van der Waals surface area contributed by atoms with Crippen molar-refractivity contribution >= 4 is 20.0 Å². The van der Waals surface area contributed by atoms with Gasteiger partial charge in [-0.1, -0.05) is 0 Å². The second kappa shape index (κ2) is 5.27. The van der Waals surface area contributed by atoms with Crippen LogP contribution in [0.3, 0.4) is 0 Å². The first kappa shape index (κ1) is 19.6. The van der Waals surface area contributed by atoms with Gasteiger partial charge in [-0.15, -0.1) is 0 Å². The Morgan fingerprint density at radius 3 is 1.86 bits per heavy atom. The molecule has 1 aliphatic heterocycles. The second-order valence-electron chi connectivity index (χ2n) is 5.21. The summed E-state index contributed by atoms with van der Waals surface area (Å²) in [6, 6.07) is 0. The SMILES string of the molecule is CCS(=O)(=O)N1C[C@](C)(O)N(S(C)(=O)=O)C[C@@]1(O)C(F)(F)F. The first-order valence-electron chi connectivity index (χ1n) is 5.99. The minimum absolute atomic E-state index is 0.0230. The molecule has 22 heavy (non-hydrogen) atoms. The Labute approximate surface area is 126 Å². The summed E-state index contributed by atoms with van der Waals surface area (Å²) in [5.41, 5.74) is -6.40. The lowest BCUT2D eigenvalue weighted by Crippen LogP contribution is -2.76. The van der Waals surface area contributed by atoms with Gasteiger partial charge in [0, 0.05) is 0 Å². The van der Waals surface area contributed by atoms with Crippen molar-refractivity contribution in [2.45, 2.75) is 31.5 Å². The fourth-order valence-corrected chi connectivity index (χ4v) is 4.68. The lowest BCUT2D eigenvalue weighted by molar-refractivity contribution is -0.325. The van der Waals surface area contributed by atoms with Gasteiger partial charge in [0.25, 0.3) is 0 Å². The van der Waals surface area contributed by atoms with Crippen molar-refractivity contribution in [3.05, 3.63) is 0 Å². The molecule has 132 valence electrons. The molecule has 0 aromatic carbocycles. The number of piperazine rings is 1. The number of aliphatic hydroxyl groups is 2. The van der Waals surface area contributed by atoms with Crippen LogP contribution in [0.2, 0.25) is 0 Å². The number of rotatable bonds is 3. The van der Waals surface area contributed by atoms with Gasteiger partial charge in [-0.25, -0.2) is 16.8 Å². The number of alkyl halides is 3. The van der Waals surface area contributed by atoms with Crippen LogP contribution in [0.25, 0.3) is 0 Å². The molecule has 0 aliphatic carbocycles. The summed E-state index contributed by atoms with van der Waals surface area (Å²) in [5.74, 6) is -0.764. The fraction of sp³-hybridized carbons (Fsp3) is 1.00. The zero-order chi connectivity index (χ0) is 17.8. The Balaban J connectivity index is 3.56. The van der Waals surface area contributed by atoms with Crippen LogP contribution < -0.4 is 0 Å². The normalized spacial score (nSPS) is 33.1. The minimum atomic E-state index is -5.46. The third-order valence-corrected chi connectivity index (χ3v) is 6.47. The Bertz CT molecular complexity index is 645. The quantitative estimate of drug-likeness (QED) is 0.650. The number of hydrogen-bond acceptors (Lipinski definition) is 6. The largest absolute Gasteiger partial charge is 0.433 e. The molecule has 2 atom stereocenters. The van der Waals surface area contributed by atoms with Crippen LogP contribution in [0.4, 0.5) is 13.2 Å². The molecular formula is C9H17F3N2O6S2. The lowest BCUT2D eigenvalue weighted by Gasteiger charge is -2.51. The maximum atomic E-state index is 13.2. The summed E-state index contributed by atoms with van der Waals surface area (Å²) in [7, 11) is -8.91. The maximum absolute atomic E-state index is 13.2. The van der Waals surface area contributed by atoms with Crippen molar-refractivity contribution in [3.63, 3.8) is 0 Å². The summed E-state index contributed by atoms with van der Waals surface area (Å²) in [6.07, 6.45) is -4.92. The van der Waals surface area contributed by atoms with Crippen molar-refractivity contribution in [1.29, 1.82) is 0 Å².